The van der Waals surface area contributed by atoms with E-state index in [1.54, 1.807) is 31.3 Å². The first-order valence-electron chi connectivity index (χ1n) is 5.15. The number of benzene rings is 1. The van der Waals surface area contributed by atoms with Gasteiger partial charge in [0.05, 0.1) is 15.7 Å². The zero-order chi connectivity index (χ0) is 13.3. The third-order valence-corrected chi connectivity index (χ3v) is 3.36. The maximum absolute atomic E-state index is 12.1. The van der Waals surface area contributed by atoms with Gasteiger partial charge in [-0.25, -0.2) is 0 Å². The van der Waals surface area contributed by atoms with E-state index in [9.17, 15) is 4.79 Å². The van der Waals surface area contributed by atoms with E-state index < -0.39 is 0 Å². The summed E-state index contributed by atoms with van der Waals surface area (Å²) in [7, 11) is 0. The molecule has 0 aliphatic carbocycles. The second kappa shape index (κ2) is 5.31. The number of halogens is 3. The molecule has 0 saturated heterocycles. The molecule has 0 bridgehead atoms. The highest BCUT2D eigenvalue weighted by atomic mass is 35.5. The minimum Gasteiger partial charge on any atom is -0.292 e. The van der Waals surface area contributed by atoms with Crippen molar-refractivity contribution < 1.29 is 4.79 Å². The first-order valence-corrected chi connectivity index (χ1v) is 6.28. The van der Waals surface area contributed by atoms with Gasteiger partial charge in [0.15, 0.2) is 5.78 Å². The van der Waals surface area contributed by atoms with Crippen molar-refractivity contribution in [2.75, 3.05) is 0 Å². The minimum absolute atomic E-state index is 0.0770. The summed E-state index contributed by atoms with van der Waals surface area (Å²) < 4.78 is 1.48. The standard InChI is InChI=1S/C12H9Cl3N2O/c1-7-11(15)5-17(16-7)6-12(18)9-4-8(13)2-3-10(9)14/h2-5H,6H2,1H3. The molecule has 0 radical (unpaired) electrons. The Morgan fingerprint density at radius 3 is 2.61 bits per heavy atom. The first-order chi connectivity index (χ1) is 8.47. The van der Waals surface area contributed by atoms with Gasteiger partial charge in [-0.15, -0.1) is 0 Å². The van der Waals surface area contributed by atoms with Crippen molar-refractivity contribution >= 4 is 40.6 Å². The molecule has 1 heterocycles. The van der Waals surface area contributed by atoms with Crippen LogP contribution < -0.4 is 0 Å². The van der Waals surface area contributed by atoms with Crippen LogP contribution in [0.25, 0.3) is 0 Å². The van der Waals surface area contributed by atoms with Gasteiger partial charge in [0.25, 0.3) is 0 Å². The van der Waals surface area contributed by atoms with Crippen LogP contribution in [0, 0.1) is 6.92 Å². The molecule has 0 aliphatic rings. The Balaban J connectivity index is 2.24. The summed E-state index contributed by atoms with van der Waals surface area (Å²) in [6.07, 6.45) is 1.60. The van der Waals surface area contributed by atoms with E-state index >= 15 is 0 Å². The van der Waals surface area contributed by atoms with Gasteiger partial charge < -0.3 is 0 Å². The van der Waals surface area contributed by atoms with Crippen molar-refractivity contribution in [2.24, 2.45) is 0 Å². The molecule has 1 aromatic heterocycles. The predicted molar refractivity (Wildman–Crippen MR) is 72.8 cm³/mol. The van der Waals surface area contributed by atoms with E-state index in [4.69, 9.17) is 34.8 Å². The van der Waals surface area contributed by atoms with Crippen molar-refractivity contribution in [3.63, 3.8) is 0 Å². The number of carbonyl (C=O) groups is 1. The third-order valence-electron chi connectivity index (χ3n) is 2.42. The van der Waals surface area contributed by atoms with Gasteiger partial charge in [-0.1, -0.05) is 34.8 Å². The van der Waals surface area contributed by atoms with Gasteiger partial charge in [-0.2, -0.15) is 5.10 Å². The van der Waals surface area contributed by atoms with Gasteiger partial charge in [0.2, 0.25) is 0 Å². The van der Waals surface area contributed by atoms with Crippen LogP contribution in [0.4, 0.5) is 0 Å². The summed E-state index contributed by atoms with van der Waals surface area (Å²) in [6.45, 7) is 1.85. The Morgan fingerprint density at radius 1 is 1.28 bits per heavy atom. The molecule has 6 heteroatoms. The average molecular weight is 304 g/mol. The number of hydrogen-bond acceptors (Lipinski definition) is 2. The van der Waals surface area contributed by atoms with Crippen LogP contribution in [0.3, 0.4) is 0 Å². The quantitative estimate of drug-likeness (QED) is 0.802. The highest BCUT2D eigenvalue weighted by Gasteiger charge is 2.13. The lowest BCUT2D eigenvalue weighted by Crippen LogP contribution is -2.11. The zero-order valence-electron chi connectivity index (χ0n) is 9.45. The van der Waals surface area contributed by atoms with E-state index in [0.717, 1.165) is 0 Å². The van der Waals surface area contributed by atoms with Gasteiger partial charge in [-0.3, -0.25) is 9.48 Å². The summed E-state index contributed by atoms with van der Waals surface area (Å²) >= 11 is 17.7. The molecule has 3 nitrogen and oxygen atoms in total. The van der Waals surface area contributed by atoms with E-state index in [0.29, 0.717) is 26.3 Å². The molecule has 1 aromatic carbocycles. The molecule has 0 fully saturated rings. The fourth-order valence-electron chi connectivity index (χ4n) is 1.52. The molecule has 2 aromatic rings. The number of nitrogens with zero attached hydrogens (tertiary/aromatic N) is 2. The van der Waals surface area contributed by atoms with Crippen LogP contribution in [0.15, 0.2) is 24.4 Å². The third kappa shape index (κ3) is 2.86. The number of carbonyl (C=O) groups excluding carboxylic acids is 1. The molecule has 18 heavy (non-hydrogen) atoms. The van der Waals surface area contributed by atoms with Crippen LogP contribution in [-0.2, 0) is 6.54 Å². The Bertz CT molecular complexity index is 588. The van der Waals surface area contributed by atoms with Crippen LogP contribution in [0.5, 0.6) is 0 Å². The van der Waals surface area contributed by atoms with E-state index in [2.05, 4.69) is 5.10 Å². The van der Waals surface area contributed by atoms with E-state index in [1.165, 1.54) is 4.68 Å². The SMILES string of the molecule is Cc1nn(CC(=O)c2cc(Cl)ccc2Cl)cc1Cl. The van der Waals surface area contributed by atoms with Gasteiger partial charge in [-0.05, 0) is 25.1 Å². The second-order valence-corrected chi connectivity index (χ2v) is 5.06. The molecule has 0 amide bonds. The highest BCUT2D eigenvalue weighted by molar-refractivity contribution is 6.35. The van der Waals surface area contributed by atoms with Crippen LogP contribution in [0.2, 0.25) is 15.1 Å². The lowest BCUT2D eigenvalue weighted by atomic mass is 10.1. The molecular weight excluding hydrogens is 295 g/mol. The number of hydrogen-bond donors (Lipinski definition) is 0. The van der Waals surface area contributed by atoms with Crippen molar-refractivity contribution in [3.8, 4) is 0 Å². The number of aryl methyl sites for hydroxylation is 1. The van der Waals surface area contributed by atoms with Crippen molar-refractivity contribution in [3.05, 3.63) is 50.7 Å². The van der Waals surface area contributed by atoms with Crippen LogP contribution in [-0.4, -0.2) is 15.6 Å². The Kier molecular flexibility index (Phi) is 3.95. The zero-order valence-corrected chi connectivity index (χ0v) is 11.7. The lowest BCUT2D eigenvalue weighted by Gasteiger charge is -2.04. The Morgan fingerprint density at radius 2 is 2.00 bits per heavy atom. The highest BCUT2D eigenvalue weighted by Crippen LogP contribution is 2.22. The molecule has 0 N–H and O–H groups in total. The van der Waals surface area contributed by atoms with E-state index in [-0.39, 0.29) is 12.3 Å². The van der Waals surface area contributed by atoms with Crippen LogP contribution in [0.1, 0.15) is 16.1 Å². The summed E-state index contributed by atoms with van der Waals surface area (Å²) in [5.41, 5.74) is 1.06. The number of Topliss-reactive ketones (excluding diaryl/α,β-unsaturated/α-hetero) is 1. The molecular formula is C12H9Cl3N2O. The number of aromatic nitrogens is 2. The smallest absolute Gasteiger partial charge is 0.185 e. The van der Waals surface area contributed by atoms with Crippen molar-refractivity contribution in [1.29, 1.82) is 0 Å². The summed E-state index contributed by atoms with van der Waals surface area (Å²) in [4.78, 5) is 12.1. The first kappa shape index (κ1) is 13.4. The van der Waals surface area contributed by atoms with Crippen LogP contribution >= 0.6 is 34.8 Å². The average Bonchev–Trinajstić information content (AvgIpc) is 2.61. The summed E-state index contributed by atoms with van der Waals surface area (Å²) in [5.74, 6) is -0.165. The fourth-order valence-corrected chi connectivity index (χ4v) is 2.06. The van der Waals surface area contributed by atoms with Crippen molar-refractivity contribution in [2.45, 2.75) is 13.5 Å². The molecule has 2 rings (SSSR count). The molecule has 94 valence electrons. The number of ketones is 1. The second-order valence-electron chi connectivity index (χ2n) is 3.81. The largest absolute Gasteiger partial charge is 0.292 e. The summed E-state index contributed by atoms with van der Waals surface area (Å²) in [6, 6.07) is 4.78. The normalized spacial score (nSPS) is 10.7. The molecule has 0 atom stereocenters. The molecule has 0 aliphatic heterocycles. The topological polar surface area (TPSA) is 34.9 Å². The maximum Gasteiger partial charge on any atom is 0.185 e. The summed E-state index contributed by atoms with van der Waals surface area (Å²) in [5, 5.41) is 5.49. The molecule has 0 saturated carbocycles. The van der Waals surface area contributed by atoms with Gasteiger partial charge in [0.1, 0.15) is 6.54 Å². The maximum atomic E-state index is 12.1. The molecule has 0 unspecified atom stereocenters. The fraction of sp³-hybridized carbons (Fsp3) is 0.167. The predicted octanol–water partition coefficient (Wildman–Crippen LogP) is 4.03. The minimum atomic E-state index is -0.165. The Hall–Kier alpha value is -1.03. The van der Waals surface area contributed by atoms with E-state index in [1.807, 2.05) is 0 Å². The van der Waals surface area contributed by atoms with Crippen molar-refractivity contribution in [1.82, 2.24) is 9.78 Å². The number of rotatable bonds is 3. The lowest BCUT2D eigenvalue weighted by molar-refractivity contribution is 0.0968. The van der Waals surface area contributed by atoms with Gasteiger partial charge >= 0.3 is 0 Å². The monoisotopic (exact) mass is 302 g/mol. The van der Waals surface area contributed by atoms with Gasteiger partial charge in [0, 0.05) is 16.8 Å². The molecule has 0 spiro atoms. The Labute approximate surface area is 119 Å².